The Morgan fingerprint density at radius 1 is 1.25 bits per heavy atom. The number of piperazine rings is 1. The van der Waals surface area contributed by atoms with Gasteiger partial charge in [-0.25, -0.2) is 8.42 Å². The van der Waals surface area contributed by atoms with Crippen LogP contribution >= 0.6 is 0 Å². The molecule has 1 atom stereocenters. The Bertz CT molecular complexity index is 402. The maximum atomic E-state index is 12.0. The zero-order valence-corrected chi connectivity index (χ0v) is 14.8. The van der Waals surface area contributed by atoms with E-state index < -0.39 is 9.84 Å². The van der Waals surface area contributed by atoms with Crippen molar-refractivity contribution in [1.82, 2.24) is 10.2 Å². The van der Waals surface area contributed by atoms with Gasteiger partial charge in [0.25, 0.3) is 0 Å². The summed E-state index contributed by atoms with van der Waals surface area (Å²) < 4.78 is 24.0. The molecule has 1 rings (SSSR count). The molecule has 1 heterocycles. The summed E-state index contributed by atoms with van der Waals surface area (Å²) in [5, 5.41) is 3.30. The summed E-state index contributed by atoms with van der Waals surface area (Å²) in [6, 6.07) is 0.449. The number of hydrogen-bond acceptors (Lipinski definition) is 4. The molecule has 20 heavy (non-hydrogen) atoms. The fourth-order valence-corrected chi connectivity index (χ4v) is 3.69. The molecule has 120 valence electrons. The molecule has 5 heteroatoms. The summed E-state index contributed by atoms with van der Waals surface area (Å²) in [6.07, 6.45) is 1.12. The van der Waals surface area contributed by atoms with Gasteiger partial charge in [-0.15, -0.1) is 0 Å². The second-order valence-corrected chi connectivity index (χ2v) is 10.1. The van der Waals surface area contributed by atoms with Crippen molar-refractivity contribution in [3.05, 3.63) is 0 Å². The molecular weight excluding hydrogens is 272 g/mol. The van der Waals surface area contributed by atoms with Crippen molar-refractivity contribution < 1.29 is 8.42 Å². The van der Waals surface area contributed by atoms with E-state index in [1.165, 1.54) is 0 Å². The van der Waals surface area contributed by atoms with Gasteiger partial charge < -0.3 is 5.32 Å². The lowest BCUT2D eigenvalue weighted by Gasteiger charge is -2.45. The molecule has 0 aliphatic carbocycles. The van der Waals surface area contributed by atoms with Crippen LogP contribution in [-0.4, -0.2) is 55.5 Å². The Morgan fingerprint density at radius 2 is 1.85 bits per heavy atom. The first-order chi connectivity index (χ1) is 9.03. The number of rotatable bonds is 6. The van der Waals surface area contributed by atoms with Gasteiger partial charge >= 0.3 is 0 Å². The molecule has 1 N–H and O–H groups in total. The van der Waals surface area contributed by atoms with Crippen LogP contribution in [0, 0.1) is 5.92 Å². The Balaban J connectivity index is 2.69. The molecule has 1 fully saturated rings. The van der Waals surface area contributed by atoms with Crippen LogP contribution in [0.3, 0.4) is 0 Å². The molecule has 0 bridgehead atoms. The number of sulfone groups is 1. The molecule has 1 saturated heterocycles. The minimum Gasteiger partial charge on any atom is -0.309 e. The predicted molar refractivity (Wildman–Crippen MR) is 85.8 cm³/mol. The van der Waals surface area contributed by atoms with Gasteiger partial charge in [0.15, 0.2) is 9.84 Å². The molecular formula is C15H32N2O2S. The van der Waals surface area contributed by atoms with Gasteiger partial charge in [0, 0.05) is 31.2 Å². The highest BCUT2D eigenvalue weighted by Gasteiger charge is 2.33. The van der Waals surface area contributed by atoms with Crippen LogP contribution in [0.1, 0.15) is 48.0 Å². The highest BCUT2D eigenvalue weighted by Crippen LogP contribution is 2.20. The summed E-state index contributed by atoms with van der Waals surface area (Å²) in [5.41, 5.74) is 0.0646. The minimum absolute atomic E-state index is 0.0646. The van der Waals surface area contributed by atoms with E-state index in [1.807, 2.05) is 0 Å². The lowest BCUT2D eigenvalue weighted by molar-refractivity contribution is 0.0887. The summed E-state index contributed by atoms with van der Waals surface area (Å²) in [5.74, 6) is 0.905. The molecule has 1 unspecified atom stereocenters. The standard InChI is InChI=1S/C15H32N2O2S/c1-12(2)9-14-10-16-15(5,6)11-17(14)7-8-20(18,19)13(3)4/h12-14,16H,7-11H2,1-6H3. The molecule has 1 aliphatic rings. The Kier molecular flexibility index (Phi) is 6.05. The van der Waals surface area contributed by atoms with Gasteiger partial charge in [0.1, 0.15) is 0 Å². The maximum absolute atomic E-state index is 12.0. The first kappa shape index (κ1) is 17.9. The van der Waals surface area contributed by atoms with Crippen LogP contribution in [0.5, 0.6) is 0 Å². The lowest BCUT2D eigenvalue weighted by atomic mass is 9.94. The number of nitrogens with one attached hydrogen (secondary N) is 1. The van der Waals surface area contributed by atoms with Gasteiger partial charge in [-0.3, -0.25) is 4.90 Å². The van der Waals surface area contributed by atoms with Crippen LogP contribution < -0.4 is 5.32 Å². The van der Waals surface area contributed by atoms with Crippen LogP contribution in [-0.2, 0) is 9.84 Å². The molecule has 0 radical (unpaired) electrons. The van der Waals surface area contributed by atoms with E-state index in [2.05, 4.69) is 37.9 Å². The minimum atomic E-state index is -2.95. The normalized spacial score (nSPS) is 24.5. The second kappa shape index (κ2) is 6.75. The van der Waals surface area contributed by atoms with E-state index in [-0.39, 0.29) is 16.5 Å². The Morgan fingerprint density at radius 3 is 2.35 bits per heavy atom. The molecule has 1 aliphatic heterocycles. The van der Waals surface area contributed by atoms with Crippen LogP contribution in [0.25, 0.3) is 0 Å². The van der Waals surface area contributed by atoms with Crippen LogP contribution in [0.2, 0.25) is 0 Å². The molecule has 0 spiro atoms. The average Bonchev–Trinajstić information content (AvgIpc) is 2.28. The Hall–Kier alpha value is -0.130. The largest absolute Gasteiger partial charge is 0.309 e. The van der Waals surface area contributed by atoms with Gasteiger partial charge in [-0.2, -0.15) is 0 Å². The number of hydrogen-bond donors (Lipinski definition) is 1. The van der Waals surface area contributed by atoms with E-state index in [9.17, 15) is 8.42 Å². The summed E-state index contributed by atoms with van der Waals surface area (Å²) >= 11 is 0. The van der Waals surface area contributed by atoms with Gasteiger partial charge in [-0.1, -0.05) is 13.8 Å². The molecule has 0 amide bonds. The molecule has 0 aromatic carbocycles. The van der Waals surface area contributed by atoms with Gasteiger partial charge in [0.2, 0.25) is 0 Å². The first-order valence-electron chi connectivity index (χ1n) is 7.74. The van der Waals surface area contributed by atoms with E-state index in [1.54, 1.807) is 13.8 Å². The summed E-state index contributed by atoms with van der Waals surface area (Å²) in [7, 11) is -2.95. The number of nitrogens with zero attached hydrogens (tertiary/aromatic N) is 1. The molecule has 0 aromatic rings. The molecule has 4 nitrogen and oxygen atoms in total. The third-order valence-electron chi connectivity index (χ3n) is 4.06. The third-order valence-corrected chi connectivity index (χ3v) is 6.24. The van der Waals surface area contributed by atoms with Crippen molar-refractivity contribution in [2.24, 2.45) is 5.92 Å². The van der Waals surface area contributed by atoms with Crippen molar-refractivity contribution in [3.8, 4) is 0 Å². The second-order valence-electron chi connectivity index (χ2n) is 7.43. The SMILES string of the molecule is CC(C)CC1CNC(C)(C)CN1CCS(=O)(=O)C(C)C. The van der Waals surface area contributed by atoms with E-state index in [4.69, 9.17) is 0 Å². The first-order valence-corrected chi connectivity index (χ1v) is 9.46. The van der Waals surface area contributed by atoms with Crippen molar-refractivity contribution in [3.63, 3.8) is 0 Å². The Labute approximate surface area is 125 Å². The zero-order chi connectivity index (χ0) is 15.6. The smallest absolute Gasteiger partial charge is 0.153 e. The summed E-state index contributed by atoms with van der Waals surface area (Å²) in [6.45, 7) is 14.9. The highest BCUT2D eigenvalue weighted by atomic mass is 32.2. The van der Waals surface area contributed by atoms with Crippen LogP contribution in [0.15, 0.2) is 0 Å². The molecule has 0 aromatic heterocycles. The monoisotopic (exact) mass is 304 g/mol. The van der Waals surface area contributed by atoms with E-state index in [0.29, 0.717) is 18.5 Å². The summed E-state index contributed by atoms with van der Waals surface area (Å²) in [4.78, 5) is 2.37. The van der Waals surface area contributed by atoms with Crippen molar-refractivity contribution in [1.29, 1.82) is 0 Å². The van der Waals surface area contributed by atoms with E-state index >= 15 is 0 Å². The quantitative estimate of drug-likeness (QED) is 0.814. The van der Waals surface area contributed by atoms with Gasteiger partial charge in [0.05, 0.1) is 11.0 Å². The van der Waals surface area contributed by atoms with Gasteiger partial charge in [-0.05, 0) is 40.0 Å². The molecule has 0 saturated carbocycles. The average molecular weight is 304 g/mol. The maximum Gasteiger partial charge on any atom is 0.153 e. The van der Waals surface area contributed by atoms with E-state index in [0.717, 1.165) is 19.5 Å². The van der Waals surface area contributed by atoms with Crippen molar-refractivity contribution >= 4 is 9.84 Å². The predicted octanol–water partition coefficient (Wildman–Crippen LogP) is 1.91. The fourth-order valence-electron chi connectivity index (χ4n) is 2.73. The van der Waals surface area contributed by atoms with Crippen molar-refractivity contribution in [2.75, 3.05) is 25.4 Å². The zero-order valence-electron chi connectivity index (χ0n) is 13.9. The van der Waals surface area contributed by atoms with Crippen molar-refractivity contribution in [2.45, 2.75) is 64.8 Å². The fraction of sp³-hybridized carbons (Fsp3) is 1.00. The topological polar surface area (TPSA) is 49.4 Å². The lowest BCUT2D eigenvalue weighted by Crippen LogP contribution is -2.62. The third kappa shape index (κ3) is 5.34. The van der Waals surface area contributed by atoms with Crippen LogP contribution in [0.4, 0.5) is 0 Å². The highest BCUT2D eigenvalue weighted by molar-refractivity contribution is 7.92.